The van der Waals surface area contributed by atoms with Gasteiger partial charge in [-0.1, -0.05) is 30.3 Å². The third-order valence-corrected chi connectivity index (χ3v) is 8.28. The van der Waals surface area contributed by atoms with Gasteiger partial charge in [0.15, 0.2) is 0 Å². The molecule has 8 nitrogen and oxygen atoms in total. The minimum absolute atomic E-state index is 0.0399. The van der Waals surface area contributed by atoms with Gasteiger partial charge in [0.05, 0.1) is 6.04 Å². The number of piperazine rings is 1. The molecule has 3 N–H and O–H groups in total. The maximum atomic E-state index is 13.6. The summed E-state index contributed by atoms with van der Waals surface area (Å²) in [4.78, 5) is 31.2. The monoisotopic (exact) mass is 548 g/mol. The molecule has 2 aliphatic heterocycles. The summed E-state index contributed by atoms with van der Waals surface area (Å²) in [7, 11) is 0. The number of aromatic hydroxyl groups is 1. The van der Waals surface area contributed by atoms with Gasteiger partial charge < -0.3 is 20.4 Å². The fourth-order valence-corrected chi connectivity index (χ4v) is 6.13. The van der Waals surface area contributed by atoms with Crippen molar-refractivity contribution in [3.8, 4) is 5.75 Å². The lowest BCUT2D eigenvalue weighted by molar-refractivity contribution is -0.137. The molecule has 1 unspecified atom stereocenters. The summed E-state index contributed by atoms with van der Waals surface area (Å²) in [5, 5.41) is 22.6. The van der Waals surface area contributed by atoms with Crippen LogP contribution >= 0.6 is 0 Å². The second kappa shape index (κ2) is 13.9. The molecule has 2 aromatic carbocycles. The number of amides is 1. The van der Waals surface area contributed by atoms with E-state index in [4.69, 9.17) is 5.11 Å². The lowest BCUT2D eigenvalue weighted by atomic mass is 9.92. The van der Waals surface area contributed by atoms with Gasteiger partial charge in [0.1, 0.15) is 5.75 Å². The molecule has 8 heteroatoms. The maximum absolute atomic E-state index is 13.6. The molecule has 216 valence electrons. The minimum atomic E-state index is -0.769. The molecule has 2 heterocycles. The van der Waals surface area contributed by atoms with Crippen LogP contribution in [0, 0.1) is 0 Å². The van der Waals surface area contributed by atoms with Crippen molar-refractivity contribution in [2.75, 3.05) is 39.3 Å². The standard InChI is InChI=1S/C32H44N4O4/c1-4-16-35-21-24(3)36(22-23(35)2)31(26-9-6-11-29(37)20-26)25-8-5-10-27(19-25)32(40)34-17-13-28(14-18-34)33-15-7-12-30(38)39/h4-6,8-11,19-20,23-24,28,31,33,37H,1,7,12-18,21-22H2,2-3H3,(H,38,39)/t23-,24+,31?/m1/s1. The Balaban J connectivity index is 1.50. The van der Waals surface area contributed by atoms with Crippen LogP contribution < -0.4 is 5.32 Å². The Morgan fingerprint density at radius 1 is 1.05 bits per heavy atom. The molecule has 0 bridgehead atoms. The van der Waals surface area contributed by atoms with Gasteiger partial charge in [0, 0.05) is 62.8 Å². The summed E-state index contributed by atoms with van der Waals surface area (Å²) in [6.45, 7) is 13.1. The van der Waals surface area contributed by atoms with Gasteiger partial charge in [-0.05, 0) is 75.0 Å². The van der Waals surface area contributed by atoms with E-state index >= 15 is 0 Å². The van der Waals surface area contributed by atoms with Crippen molar-refractivity contribution in [1.82, 2.24) is 20.0 Å². The number of nitrogens with one attached hydrogen (secondary N) is 1. The van der Waals surface area contributed by atoms with Gasteiger partial charge in [-0.25, -0.2) is 0 Å². The van der Waals surface area contributed by atoms with Crippen LogP contribution in [0.5, 0.6) is 5.75 Å². The lowest BCUT2D eigenvalue weighted by Gasteiger charge is -2.47. The van der Waals surface area contributed by atoms with E-state index in [1.807, 2.05) is 41.3 Å². The Bertz CT molecular complexity index is 1160. The van der Waals surface area contributed by atoms with Crippen LogP contribution in [0.15, 0.2) is 61.2 Å². The van der Waals surface area contributed by atoms with Crippen LogP contribution in [0.25, 0.3) is 0 Å². The number of nitrogens with zero attached hydrogens (tertiary/aromatic N) is 3. The van der Waals surface area contributed by atoms with Crippen molar-refractivity contribution >= 4 is 11.9 Å². The molecule has 0 spiro atoms. The molecule has 2 aromatic rings. The predicted octanol–water partition coefficient (Wildman–Crippen LogP) is 4.12. The summed E-state index contributed by atoms with van der Waals surface area (Å²) in [6.07, 6.45) is 4.46. The van der Waals surface area contributed by atoms with Crippen LogP contribution in [-0.4, -0.2) is 94.2 Å². The molecule has 0 saturated carbocycles. The van der Waals surface area contributed by atoms with Gasteiger partial charge in [-0.2, -0.15) is 0 Å². The van der Waals surface area contributed by atoms with E-state index in [1.165, 1.54) is 0 Å². The molecule has 40 heavy (non-hydrogen) atoms. The molecule has 2 saturated heterocycles. The largest absolute Gasteiger partial charge is 0.508 e. The zero-order valence-corrected chi connectivity index (χ0v) is 23.8. The van der Waals surface area contributed by atoms with Gasteiger partial charge in [0.2, 0.25) is 0 Å². The SMILES string of the molecule is C=CCN1C[C@H](C)N(C(c2cccc(O)c2)c2cccc(C(=O)N3CCC(NCCCC(=O)O)CC3)c2)C[C@H]1C. The summed E-state index contributed by atoms with van der Waals surface area (Å²) in [5.74, 6) is -0.493. The maximum Gasteiger partial charge on any atom is 0.303 e. The molecule has 2 aliphatic rings. The van der Waals surface area contributed by atoms with Gasteiger partial charge in [-0.3, -0.25) is 19.4 Å². The number of carboxylic acid groups (broad SMARTS) is 1. The van der Waals surface area contributed by atoms with Crippen molar-refractivity contribution in [1.29, 1.82) is 0 Å². The van der Waals surface area contributed by atoms with Crippen molar-refractivity contribution in [2.24, 2.45) is 0 Å². The number of hydrogen-bond acceptors (Lipinski definition) is 6. The highest BCUT2D eigenvalue weighted by Crippen LogP contribution is 2.35. The van der Waals surface area contributed by atoms with Crippen molar-refractivity contribution in [3.05, 3.63) is 77.9 Å². The first-order valence-electron chi connectivity index (χ1n) is 14.5. The van der Waals surface area contributed by atoms with Gasteiger partial charge in [0.25, 0.3) is 5.91 Å². The number of phenols is 1. The minimum Gasteiger partial charge on any atom is -0.508 e. The van der Waals surface area contributed by atoms with Crippen molar-refractivity contribution < 1.29 is 19.8 Å². The quantitative estimate of drug-likeness (QED) is 0.287. The van der Waals surface area contributed by atoms with E-state index in [0.717, 1.165) is 43.6 Å². The van der Waals surface area contributed by atoms with E-state index in [1.54, 1.807) is 6.07 Å². The molecule has 0 radical (unpaired) electrons. The number of rotatable bonds is 11. The average molecular weight is 549 g/mol. The van der Waals surface area contributed by atoms with E-state index in [0.29, 0.717) is 43.7 Å². The van der Waals surface area contributed by atoms with E-state index in [2.05, 4.69) is 47.7 Å². The predicted molar refractivity (Wildman–Crippen MR) is 158 cm³/mol. The number of carbonyl (C=O) groups excluding carboxylic acids is 1. The first-order chi connectivity index (χ1) is 19.3. The topological polar surface area (TPSA) is 96.4 Å². The third kappa shape index (κ3) is 7.50. The first-order valence-corrected chi connectivity index (χ1v) is 14.5. The fourth-order valence-electron chi connectivity index (χ4n) is 6.13. The second-order valence-electron chi connectivity index (χ2n) is 11.3. The third-order valence-electron chi connectivity index (χ3n) is 8.28. The van der Waals surface area contributed by atoms with Crippen LogP contribution in [-0.2, 0) is 4.79 Å². The molecule has 2 fully saturated rings. The lowest BCUT2D eigenvalue weighted by Crippen LogP contribution is -2.57. The molecule has 0 aromatic heterocycles. The van der Waals surface area contributed by atoms with E-state index in [-0.39, 0.29) is 30.2 Å². The molecule has 0 aliphatic carbocycles. The molecule has 4 rings (SSSR count). The van der Waals surface area contributed by atoms with Crippen LogP contribution in [0.4, 0.5) is 0 Å². The summed E-state index contributed by atoms with van der Waals surface area (Å²) >= 11 is 0. The molecule has 3 atom stereocenters. The highest BCUT2D eigenvalue weighted by Gasteiger charge is 2.35. The number of phenolic OH excluding ortho intramolecular Hbond substituents is 1. The molecule has 1 amide bonds. The Kier molecular flexibility index (Phi) is 10.4. The van der Waals surface area contributed by atoms with Crippen molar-refractivity contribution in [2.45, 2.75) is 63.7 Å². The number of benzene rings is 2. The van der Waals surface area contributed by atoms with Gasteiger partial charge >= 0.3 is 5.97 Å². The summed E-state index contributed by atoms with van der Waals surface area (Å²) in [5.41, 5.74) is 2.74. The van der Waals surface area contributed by atoms with Crippen LogP contribution in [0.3, 0.4) is 0 Å². The van der Waals surface area contributed by atoms with E-state index in [9.17, 15) is 14.7 Å². The van der Waals surface area contributed by atoms with Gasteiger partial charge in [-0.15, -0.1) is 6.58 Å². The highest BCUT2D eigenvalue weighted by atomic mass is 16.4. The Morgan fingerprint density at radius 3 is 2.42 bits per heavy atom. The van der Waals surface area contributed by atoms with Crippen LogP contribution in [0.1, 0.15) is 67.1 Å². The zero-order chi connectivity index (χ0) is 28.6. The molecular weight excluding hydrogens is 504 g/mol. The average Bonchev–Trinajstić information content (AvgIpc) is 2.94. The Labute approximate surface area is 238 Å². The Hall–Kier alpha value is -3.20. The first kappa shape index (κ1) is 29.8. The number of carbonyl (C=O) groups is 2. The second-order valence-corrected chi connectivity index (χ2v) is 11.3. The smallest absolute Gasteiger partial charge is 0.303 e. The van der Waals surface area contributed by atoms with Crippen LogP contribution in [0.2, 0.25) is 0 Å². The normalized spacial score (nSPS) is 21.7. The number of piperidine rings is 1. The Morgan fingerprint density at radius 2 is 1.75 bits per heavy atom. The fraction of sp³-hybridized carbons (Fsp3) is 0.500. The summed E-state index contributed by atoms with van der Waals surface area (Å²) in [6, 6.07) is 16.3. The number of carboxylic acids is 1. The number of likely N-dealkylation sites (tertiary alicyclic amines) is 1. The van der Waals surface area contributed by atoms with E-state index < -0.39 is 5.97 Å². The zero-order valence-electron chi connectivity index (χ0n) is 23.8. The number of hydrogen-bond donors (Lipinski definition) is 3. The highest BCUT2D eigenvalue weighted by molar-refractivity contribution is 5.94. The number of aliphatic carboxylic acids is 1. The molecular formula is C32H44N4O4. The van der Waals surface area contributed by atoms with Crippen molar-refractivity contribution in [3.63, 3.8) is 0 Å². The summed E-state index contributed by atoms with van der Waals surface area (Å²) < 4.78 is 0.